The minimum atomic E-state index is -0.288. The van der Waals surface area contributed by atoms with E-state index in [2.05, 4.69) is 24.1 Å². The molecule has 1 aliphatic rings. The molecule has 0 aliphatic heterocycles. The molecular weight excluding hydrogens is 252 g/mol. The summed E-state index contributed by atoms with van der Waals surface area (Å²) in [5.41, 5.74) is 0. The smallest absolute Gasteiger partial charge is 0.407 e. The van der Waals surface area contributed by atoms with Crippen LogP contribution in [0.2, 0.25) is 0 Å². The van der Waals surface area contributed by atoms with Crippen molar-refractivity contribution < 1.29 is 9.53 Å². The largest absolute Gasteiger partial charge is 0.446 e. The first kappa shape index (κ1) is 17.3. The Bertz CT molecular complexity index is 263. The molecule has 0 bridgehead atoms. The number of nitrogens with zero attached hydrogens (tertiary/aromatic N) is 1. The van der Waals surface area contributed by atoms with Gasteiger partial charge in [0.15, 0.2) is 0 Å². The molecule has 20 heavy (non-hydrogen) atoms. The van der Waals surface area contributed by atoms with Crippen LogP contribution in [0.4, 0.5) is 4.79 Å². The summed E-state index contributed by atoms with van der Waals surface area (Å²) in [5.74, 6) is 0. The number of amides is 1. The van der Waals surface area contributed by atoms with Crippen molar-refractivity contribution in [2.24, 2.45) is 0 Å². The summed E-state index contributed by atoms with van der Waals surface area (Å²) in [7, 11) is 1.62. The third-order valence-electron chi connectivity index (χ3n) is 4.19. The standard InChI is InChI=1S/C16H32N2O2/c1-4-6-11-18(12-7-5-2)14-9-8-10-15(13-14)20-16(19)17-3/h14-15H,4-13H2,1-3H3,(H,17,19)/t14-,15-/m0/s1. The predicted octanol–water partition coefficient (Wildman–Crippen LogP) is 3.56. The number of carbonyl (C=O) groups excluding carboxylic acids is 1. The molecule has 0 aromatic heterocycles. The zero-order valence-corrected chi connectivity index (χ0v) is 13.5. The van der Waals surface area contributed by atoms with Crippen LogP contribution in [0.3, 0.4) is 0 Å². The van der Waals surface area contributed by atoms with Crippen LogP contribution < -0.4 is 5.32 Å². The first-order chi connectivity index (χ1) is 9.71. The summed E-state index contributed by atoms with van der Waals surface area (Å²) in [5, 5.41) is 2.55. The van der Waals surface area contributed by atoms with Gasteiger partial charge in [0, 0.05) is 19.5 Å². The van der Waals surface area contributed by atoms with Gasteiger partial charge in [0.25, 0.3) is 0 Å². The molecule has 118 valence electrons. The molecule has 1 fully saturated rings. The van der Waals surface area contributed by atoms with E-state index in [9.17, 15) is 4.79 Å². The second-order valence-corrected chi connectivity index (χ2v) is 5.84. The van der Waals surface area contributed by atoms with Gasteiger partial charge in [-0.1, -0.05) is 26.7 Å². The first-order valence-corrected chi connectivity index (χ1v) is 8.33. The SMILES string of the molecule is CCCCN(CCCC)[C@H]1CCC[C@H](OC(=O)NC)C1. The second kappa shape index (κ2) is 10.0. The fourth-order valence-corrected chi connectivity index (χ4v) is 2.97. The van der Waals surface area contributed by atoms with Gasteiger partial charge < -0.3 is 15.0 Å². The van der Waals surface area contributed by atoms with E-state index < -0.39 is 0 Å². The Morgan fingerprint density at radius 2 is 1.85 bits per heavy atom. The van der Waals surface area contributed by atoms with Crippen LogP contribution in [0.25, 0.3) is 0 Å². The molecule has 2 atom stereocenters. The van der Waals surface area contributed by atoms with Gasteiger partial charge >= 0.3 is 6.09 Å². The molecule has 0 radical (unpaired) electrons. The molecule has 1 amide bonds. The third kappa shape index (κ3) is 6.12. The van der Waals surface area contributed by atoms with Crippen LogP contribution in [0.15, 0.2) is 0 Å². The van der Waals surface area contributed by atoms with E-state index in [1.807, 2.05) is 0 Å². The van der Waals surface area contributed by atoms with Crippen molar-refractivity contribution >= 4 is 6.09 Å². The maximum Gasteiger partial charge on any atom is 0.407 e. The van der Waals surface area contributed by atoms with E-state index in [0.29, 0.717) is 6.04 Å². The Kier molecular flexibility index (Phi) is 8.67. The van der Waals surface area contributed by atoms with Crippen molar-refractivity contribution in [3.05, 3.63) is 0 Å². The number of nitrogens with one attached hydrogen (secondary N) is 1. The fraction of sp³-hybridized carbons (Fsp3) is 0.938. The first-order valence-electron chi connectivity index (χ1n) is 8.33. The molecular formula is C16H32N2O2. The number of alkyl carbamates (subject to hydrolysis) is 1. The van der Waals surface area contributed by atoms with Crippen molar-refractivity contribution in [1.82, 2.24) is 10.2 Å². The molecule has 0 spiro atoms. The molecule has 0 aromatic rings. The van der Waals surface area contributed by atoms with Crippen molar-refractivity contribution in [2.45, 2.75) is 77.4 Å². The van der Waals surface area contributed by atoms with E-state index in [-0.39, 0.29) is 12.2 Å². The van der Waals surface area contributed by atoms with Crippen LogP contribution in [0.5, 0.6) is 0 Å². The summed E-state index contributed by atoms with van der Waals surface area (Å²) in [4.78, 5) is 14.0. The lowest BCUT2D eigenvalue weighted by Gasteiger charge is -2.37. The van der Waals surface area contributed by atoms with Gasteiger partial charge in [0.1, 0.15) is 6.10 Å². The number of rotatable bonds is 8. The lowest BCUT2D eigenvalue weighted by Crippen LogP contribution is -2.42. The highest BCUT2D eigenvalue weighted by Crippen LogP contribution is 2.26. The van der Waals surface area contributed by atoms with Crippen LogP contribution in [0, 0.1) is 0 Å². The Morgan fingerprint density at radius 1 is 1.20 bits per heavy atom. The van der Waals surface area contributed by atoms with Crippen molar-refractivity contribution in [1.29, 1.82) is 0 Å². The van der Waals surface area contributed by atoms with E-state index in [4.69, 9.17) is 4.74 Å². The maximum absolute atomic E-state index is 11.4. The van der Waals surface area contributed by atoms with Crippen molar-refractivity contribution in [3.63, 3.8) is 0 Å². The van der Waals surface area contributed by atoms with Crippen molar-refractivity contribution in [2.75, 3.05) is 20.1 Å². The molecule has 1 saturated carbocycles. The second-order valence-electron chi connectivity index (χ2n) is 5.84. The van der Waals surface area contributed by atoms with Crippen molar-refractivity contribution in [3.8, 4) is 0 Å². The number of unbranched alkanes of at least 4 members (excludes halogenated alkanes) is 2. The summed E-state index contributed by atoms with van der Waals surface area (Å²) in [6.07, 6.45) is 9.26. The number of hydrogen-bond acceptors (Lipinski definition) is 3. The van der Waals surface area contributed by atoms with Crippen LogP contribution >= 0.6 is 0 Å². The highest BCUT2D eigenvalue weighted by molar-refractivity contribution is 5.66. The Balaban J connectivity index is 2.48. The minimum Gasteiger partial charge on any atom is -0.446 e. The van der Waals surface area contributed by atoms with Gasteiger partial charge in [-0.3, -0.25) is 0 Å². The fourth-order valence-electron chi connectivity index (χ4n) is 2.97. The molecule has 0 heterocycles. The normalized spacial score (nSPS) is 22.8. The topological polar surface area (TPSA) is 41.6 Å². The molecule has 0 unspecified atom stereocenters. The lowest BCUT2D eigenvalue weighted by molar-refractivity contribution is 0.0385. The monoisotopic (exact) mass is 284 g/mol. The van der Waals surface area contributed by atoms with Gasteiger partial charge in [-0.05, 0) is 45.2 Å². The summed E-state index contributed by atoms with van der Waals surface area (Å²) in [6.45, 7) is 6.87. The lowest BCUT2D eigenvalue weighted by atomic mass is 9.91. The Hall–Kier alpha value is -0.770. The third-order valence-corrected chi connectivity index (χ3v) is 4.19. The average Bonchev–Trinajstić information content (AvgIpc) is 2.47. The van der Waals surface area contributed by atoms with Gasteiger partial charge in [-0.15, -0.1) is 0 Å². The van der Waals surface area contributed by atoms with Gasteiger partial charge in [-0.2, -0.15) is 0 Å². The Labute approximate surface area is 124 Å². The van der Waals surface area contributed by atoms with E-state index in [1.54, 1.807) is 7.05 Å². The average molecular weight is 284 g/mol. The number of hydrogen-bond donors (Lipinski definition) is 1. The molecule has 0 saturated heterocycles. The summed E-state index contributed by atoms with van der Waals surface area (Å²) in [6, 6.07) is 0.594. The number of ether oxygens (including phenoxy) is 1. The summed E-state index contributed by atoms with van der Waals surface area (Å²) < 4.78 is 5.45. The highest BCUT2D eigenvalue weighted by Gasteiger charge is 2.28. The number of carbonyl (C=O) groups is 1. The van der Waals surface area contributed by atoms with Crippen LogP contribution in [-0.4, -0.2) is 43.3 Å². The predicted molar refractivity (Wildman–Crippen MR) is 83.0 cm³/mol. The molecule has 1 N–H and O–H groups in total. The molecule has 4 heteroatoms. The van der Waals surface area contributed by atoms with Gasteiger partial charge in [-0.25, -0.2) is 4.79 Å². The zero-order valence-electron chi connectivity index (χ0n) is 13.5. The molecule has 4 nitrogen and oxygen atoms in total. The Morgan fingerprint density at radius 3 is 2.40 bits per heavy atom. The maximum atomic E-state index is 11.4. The molecule has 1 aliphatic carbocycles. The summed E-state index contributed by atoms with van der Waals surface area (Å²) >= 11 is 0. The molecule has 0 aromatic carbocycles. The van der Waals surface area contributed by atoms with Crippen LogP contribution in [0.1, 0.15) is 65.2 Å². The van der Waals surface area contributed by atoms with Gasteiger partial charge in [0.2, 0.25) is 0 Å². The minimum absolute atomic E-state index is 0.0967. The molecule has 1 rings (SSSR count). The van der Waals surface area contributed by atoms with E-state index in [0.717, 1.165) is 12.8 Å². The van der Waals surface area contributed by atoms with E-state index in [1.165, 1.54) is 51.6 Å². The van der Waals surface area contributed by atoms with E-state index >= 15 is 0 Å². The van der Waals surface area contributed by atoms with Gasteiger partial charge in [0.05, 0.1) is 0 Å². The quantitative estimate of drug-likeness (QED) is 0.741. The van der Waals surface area contributed by atoms with Crippen LogP contribution in [-0.2, 0) is 4.74 Å². The highest BCUT2D eigenvalue weighted by atomic mass is 16.6. The zero-order chi connectivity index (χ0) is 14.8.